The lowest BCUT2D eigenvalue weighted by Crippen LogP contribution is -2.44. The van der Waals surface area contributed by atoms with Crippen LogP contribution in [0.1, 0.15) is 107 Å². The third-order valence-corrected chi connectivity index (χ3v) is 13.1. The Morgan fingerprint density at radius 2 is 1.78 bits per heavy atom. The molecule has 0 fully saturated rings. The molecule has 0 saturated heterocycles. The van der Waals surface area contributed by atoms with Gasteiger partial charge in [-0.05, 0) is 77.0 Å². The highest BCUT2D eigenvalue weighted by Gasteiger charge is 2.44. The number of rotatable bonds is 5. The number of aliphatic hydroxyl groups excluding tert-OH is 1. The molecule has 2 aromatic heterocycles. The van der Waals surface area contributed by atoms with Crippen molar-refractivity contribution in [2.45, 2.75) is 104 Å². The number of halogens is 4. The molecule has 36 heavy (non-hydrogen) atoms. The number of fused-ring (bicyclic) bond motifs is 1. The summed E-state index contributed by atoms with van der Waals surface area (Å²) in [6.07, 6.45) is -3.45. The molecule has 3 rings (SSSR count). The van der Waals surface area contributed by atoms with Gasteiger partial charge in [-0.15, -0.1) is 0 Å². The van der Waals surface area contributed by atoms with Crippen molar-refractivity contribution in [2.24, 2.45) is 5.41 Å². The lowest BCUT2D eigenvalue weighted by molar-refractivity contribution is -0.137. The molecule has 0 aromatic carbocycles. The Kier molecular flexibility index (Phi) is 8.14. The quantitative estimate of drug-likeness (QED) is 0.266. The Balaban J connectivity index is 2.18. The van der Waals surface area contributed by atoms with Crippen LogP contribution in [0, 0.1) is 8.99 Å². The Bertz CT molecular complexity index is 1110. The second-order valence-electron chi connectivity index (χ2n) is 12.5. The SMILES string of the molecule is CC(C)c1nc2c(c(I)c1[C@@H](O)c1ccc(C(F)(F)F)cn1)C(O[Si](C)(C)C(C)(C)C)CC(C)(C)C2. The molecule has 1 aliphatic rings. The zero-order valence-corrected chi connectivity index (χ0v) is 25.8. The summed E-state index contributed by atoms with van der Waals surface area (Å²) in [7, 11) is -2.13. The average Bonchev–Trinajstić information content (AvgIpc) is 2.70. The van der Waals surface area contributed by atoms with Gasteiger partial charge in [-0.3, -0.25) is 9.97 Å². The van der Waals surface area contributed by atoms with Crippen LogP contribution < -0.4 is 0 Å². The second-order valence-corrected chi connectivity index (χ2v) is 18.4. The zero-order chi connectivity index (χ0) is 27.4. The third-order valence-electron chi connectivity index (χ3n) is 7.48. The van der Waals surface area contributed by atoms with Crippen molar-refractivity contribution >= 4 is 30.9 Å². The van der Waals surface area contributed by atoms with Crippen molar-refractivity contribution in [1.82, 2.24) is 9.97 Å². The molecule has 2 aromatic rings. The lowest BCUT2D eigenvalue weighted by atomic mass is 9.74. The van der Waals surface area contributed by atoms with Gasteiger partial charge < -0.3 is 9.53 Å². The van der Waals surface area contributed by atoms with Crippen molar-refractivity contribution < 1.29 is 22.7 Å². The highest BCUT2D eigenvalue weighted by molar-refractivity contribution is 14.1. The maximum atomic E-state index is 13.1. The van der Waals surface area contributed by atoms with Crippen LogP contribution in [0.15, 0.2) is 18.3 Å². The van der Waals surface area contributed by atoms with E-state index in [1.165, 1.54) is 6.07 Å². The van der Waals surface area contributed by atoms with Gasteiger partial charge in [-0.2, -0.15) is 13.2 Å². The maximum absolute atomic E-state index is 13.1. The van der Waals surface area contributed by atoms with E-state index in [-0.39, 0.29) is 28.2 Å². The maximum Gasteiger partial charge on any atom is 0.417 e. The average molecular weight is 635 g/mol. The smallest absolute Gasteiger partial charge is 0.410 e. The van der Waals surface area contributed by atoms with E-state index in [1.54, 1.807) is 0 Å². The highest BCUT2D eigenvalue weighted by atomic mass is 127. The molecule has 4 nitrogen and oxygen atoms in total. The van der Waals surface area contributed by atoms with E-state index in [4.69, 9.17) is 9.41 Å². The predicted molar refractivity (Wildman–Crippen MR) is 147 cm³/mol. The van der Waals surface area contributed by atoms with E-state index in [2.05, 4.69) is 75.3 Å². The molecule has 0 radical (unpaired) electrons. The molecule has 1 aliphatic carbocycles. The number of alkyl halides is 3. The number of aliphatic hydroxyl groups is 1. The van der Waals surface area contributed by atoms with Crippen LogP contribution in [0.25, 0.3) is 0 Å². The molecule has 1 N–H and O–H groups in total. The first-order chi connectivity index (χ1) is 16.2. The van der Waals surface area contributed by atoms with Gasteiger partial charge in [0.15, 0.2) is 8.32 Å². The molecule has 0 amide bonds. The molecule has 200 valence electrons. The van der Waals surface area contributed by atoms with Crippen LogP contribution >= 0.6 is 22.6 Å². The fourth-order valence-corrected chi connectivity index (χ4v) is 6.95. The summed E-state index contributed by atoms with van der Waals surface area (Å²) in [5, 5.41) is 11.5. The first-order valence-electron chi connectivity index (χ1n) is 12.4. The first-order valence-corrected chi connectivity index (χ1v) is 16.3. The summed E-state index contributed by atoms with van der Waals surface area (Å²) in [5.74, 6) is 0.00714. The van der Waals surface area contributed by atoms with Crippen molar-refractivity contribution in [2.75, 3.05) is 0 Å². The molecule has 0 saturated carbocycles. The van der Waals surface area contributed by atoms with Gasteiger partial charge in [0.05, 0.1) is 23.1 Å². The molecule has 1 unspecified atom stereocenters. The molecule has 0 aliphatic heterocycles. The van der Waals surface area contributed by atoms with E-state index in [0.29, 0.717) is 5.56 Å². The second kappa shape index (κ2) is 9.93. The fourth-order valence-electron chi connectivity index (χ4n) is 4.46. The molecule has 2 heterocycles. The van der Waals surface area contributed by atoms with Gasteiger partial charge in [0.2, 0.25) is 0 Å². The first kappa shape index (κ1) is 29.5. The molecular formula is C27H38F3IN2O2Si. The van der Waals surface area contributed by atoms with Gasteiger partial charge in [-0.25, -0.2) is 0 Å². The summed E-state index contributed by atoms with van der Waals surface area (Å²) < 4.78 is 47.0. The fraction of sp³-hybridized carbons (Fsp3) is 0.630. The van der Waals surface area contributed by atoms with Gasteiger partial charge in [0.1, 0.15) is 6.10 Å². The largest absolute Gasteiger partial charge is 0.417 e. The molecule has 0 bridgehead atoms. The summed E-state index contributed by atoms with van der Waals surface area (Å²) in [4.78, 5) is 9.06. The number of hydrogen-bond donors (Lipinski definition) is 1. The molecule has 0 spiro atoms. The van der Waals surface area contributed by atoms with Crippen LogP contribution in [0.5, 0.6) is 0 Å². The Hall–Kier alpha value is -1.04. The Labute approximate surface area is 227 Å². The van der Waals surface area contributed by atoms with E-state index >= 15 is 0 Å². The van der Waals surface area contributed by atoms with E-state index in [9.17, 15) is 18.3 Å². The third kappa shape index (κ3) is 5.99. The minimum Gasteiger partial charge on any atom is -0.410 e. The van der Waals surface area contributed by atoms with Crippen LogP contribution in [0.2, 0.25) is 18.1 Å². The van der Waals surface area contributed by atoms with Gasteiger partial charge in [-0.1, -0.05) is 48.5 Å². The minimum absolute atomic E-state index is 0.000521. The molecule has 2 atom stereocenters. The molecular weight excluding hydrogens is 596 g/mol. The summed E-state index contributed by atoms with van der Waals surface area (Å²) in [6.45, 7) is 19.6. The Morgan fingerprint density at radius 1 is 1.17 bits per heavy atom. The monoisotopic (exact) mass is 634 g/mol. The summed E-state index contributed by atoms with van der Waals surface area (Å²) >= 11 is 2.27. The number of aromatic nitrogens is 2. The van der Waals surface area contributed by atoms with Gasteiger partial charge >= 0.3 is 6.18 Å². The minimum atomic E-state index is -4.48. The number of pyridine rings is 2. The van der Waals surface area contributed by atoms with Crippen LogP contribution in [0.3, 0.4) is 0 Å². The number of hydrogen-bond acceptors (Lipinski definition) is 4. The topological polar surface area (TPSA) is 55.2 Å². The van der Waals surface area contributed by atoms with E-state index in [1.807, 2.05) is 13.8 Å². The zero-order valence-electron chi connectivity index (χ0n) is 22.6. The Morgan fingerprint density at radius 3 is 2.25 bits per heavy atom. The van der Waals surface area contributed by atoms with Crippen molar-refractivity contribution in [3.05, 3.63) is 55.7 Å². The summed E-state index contributed by atoms with van der Waals surface area (Å²) in [6, 6.07) is 2.21. The summed E-state index contributed by atoms with van der Waals surface area (Å²) in [5.41, 5.74) is 2.67. The van der Waals surface area contributed by atoms with Crippen LogP contribution in [0.4, 0.5) is 13.2 Å². The molecule has 9 heteroatoms. The van der Waals surface area contributed by atoms with Crippen LogP contribution in [-0.2, 0) is 17.0 Å². The van der Waals surface area contributed by atoms with Gasteiger partial charge in [0, 0.05) is 26.6 Å². The standard InChI is InChI=1S/C27H38F3IN2O2Si/c1-15(2)23-21(24(34)17-11-10-16(14-32-17)27(28,29)30)22(31)20-18(33-23)12-26(6,7)13-19(20)35-36(8,9)25(3,4)5/h10-11,14-15,19,24,34H,12-13H2,1-9H3/t19?,24-/m0/s1. The lowest BCUT2D eigenvalue weighted by Gasteiger charge is -2.44. The van der Waals surface area contributed by atoms with Crippen molar-refractivity contribution in [1.29, 1.82) is 0 Å². The van der Waals surface area contributed by atoms with Crippen molar-refractivity contribution in [3.63, 3.8) is 0 Å². The van der Waals surface area contributed by atoms with Crippen molar-refractivity contribution in [3.8, 4) is 0 Å². The van der Waals surface area contributed by atoms with Crippen LogP contribution in [-0.4, -0.2) is 23.4 Å². The van der Waals surface area contributed by atoms with Gasteiger partial charge in [0.25, 0.3) is 0 Å². The number of nitrogens with zero attached hydrogens (tertiary/aromatic N) is 2. The highest BCUT2D eigenvalue weighted by Crippen LogP contribution is 2.50. The van der Waals surface area contributed by atoms with E-state index < -0.39 is 26.2 Å². The van der Waals surface area contributed by atoms with E-state index in [0.717, 1.165) is 45.6 Å². The predicted octanol–water partition coefficient (Wildman–Crippen LogP) is 8.34. The normalized spacial score (nSPS) is 19.4.